The van der Waals surface area contributed by atoms with Gasteiger partial charge in [0.2, 0.25) is 12.7 Å². The van der Waals surface area contributed by atoms with Gasteiger partial charge < -0.3 is 14.6 Å². The van der Waals surface area contributed by atoms with E-state index in [-0.39, 0.29) is 12.7 Å². The minimum atomic E-state index is -0.789. The van der Waals surface area contributed by atoms with Gasteiger partial charge >= 0.3 is 0 Å². The van der Waals surface area contributed by atoms with Crippen molar-refractivity contribution in [1.29, 1.82) is 0 Å². The number of carbonyl (C=O) groups is 1. The van der Waals surface area contributed by atoms with Crippen molar-refractivity contribution in [3.63, 3.8) is 0 Å². The predicted octanol–water partition coefficient (Wildman–Crippen LogP) is 3.30. The van der Waals surface area contributed by atoms with Crippen LogP contribution in [0, 0.1) is 0 Å². The average Bonchev–Trinajstić information content (AvgIpc) is 3.24. The van der Waals surface area contributed by atoms with Crippen molar-refractivity contribution in [2.45, 2.75) is 31.1 Å². The molecule has 0 N–H and O–H groups in total. The maximum Gasteiger partial charge on any atom is 0.294 e. The summed E-state index contributed by atoms with van der Waals surface area (Å²) in [5.74, 6) is 0.535. The molecule has 1 atom stereocenters. The number of hydrogen-bond donors (Lipinski definition) is 0. The highest BCUT2D eigenvalue weighted by molar-refractivity contribution is 7.98. The van der Waals surface area contributed by atoms with E-state index in [9.17, 15) is 9.90 Å². The lowest BCUT2D eigenvalue weighted by Gasteiger charge is -2.33. The highest BCUT2D eigenvalue weighted by Gasteiger charge is 2.46. The maximum absolute atomic E-state index is 13.4. The van der Waals surface area contributed by atoms with Crippen LogP contribution in [0.1, 0.15) is 31.5 Å². The van der Waals surface area contributed by atoms with Crippen LogP contribution >= 0.6 is 23.4 Å². The number of aromatic nitrogens is 3. The van der Waals surface area contributed by atoms with E-state index in [4.69, 9.17) is 21.1 Å². The molecule has 0 saturated carbocycles. The zero-order valence-electron chi connectivity index (χ0n) is 17.4. The standard InChI is InChI=1S/C22H19ClN4O4S/c1-3-6-18(28)26-15-8-5-4-7-12(15)19-20(29)24-22(32-2)25-27(19)21(26)13-9-16-17(10-14(13)23)31-11-30-16/h4-5,7-10,21H,3,6,11H2,1-2H3. The lowest BCUT2D eigenvalue weighted by atomic mass is 10.00. The Morgan fingerprint density at radius 3 is 2.81 bits per heavy atom. The van der Waals surface area contributed by atoms with Crippen molar-refractivity contribution in [2.24, 2.45) is 0 Å². The molecule has 164 valence electrons. The molecule has 0 spiro atoms. The van der Waals surface area contributed by atoms with E-state index in [0.29, 0.717) is 57.0 Å². The third-order valence-corrected chi connectivity index (χ3v) is 6.27. The van der Waals surface area contributed by atoms with Crippen LogP contribution in [0.15, 0.2) is 41.6 Å². The number of hydrogen-bond acceptors (Lipinski definition) is 7. The summed E-state index contributed by atoms with van der Waals surface area (Å²) in [5, 5.41) is 18.4. The summed E-state index contributed by atoms with van der Waals surface area (Å²) < 4.78 is 12.6. The minimum absolute atomic E-state index is 0.0916. The molecule has 2 aliphatic rings. The molecule has 3 aromatic rings. The first-order valence-corrected chi connectivity index (χ1v) is 11.7. The largest absolute Gasteiger partial charge is 0.854 e. The third kappa shape index (κ3) is 3.23. The second-order valence-electron chi connectivity index (χ2n) is 7.33. The highest BCUT2D eigenvalue weighted by atomic mass is 35.5. The van der Waals surface area contributed by atoms with Gasteiger partial charge in [-0.2, -0.15) is 0 Å². The van der Waals surface area contributed by atoms with Gasteiger partial charge in [-0.15, -0.1) is 0 Å². The van der Waals surface area contributed by atoms with Gasteiger partial charge in [0.05, 0.1) is 27.7 Å². The van der Waals surface area contributed by atoms with Gasteiger partial charge in [-0.05, 0) is 30.9 Å². The molecular formula is C22H19ClN4O4S. The van der Waals surface area contributed by atoms with E-state index >= 15 is 0 Å². The van der Waals surface area contributed by atoms with Gasteiger partial charge in [-0.25, -0.2) is 9.88 Å². The van der Waals surface area contributed by atoms with Crippen molar-refractivity contribution in [3.8, 4) is 28.6 Å². The van der Waals surface area contributed by atoms with Gasteiger partial charge in [-0.1, -0.05) is 47.1 Å². The fraction of sp³-hybridized carbons (Fsp3) is 0.273. The fourth-order valence-corrected chi connectivity index (χ4v) is 4.63. The SMILES string of the molecule is CCCC(=O)N1c2ccccc2-c2c([O-])nc(SC)n[n+]2C1c1cc2c(cc1Cl)OCO2. The zero-order valence-corrected chi connectivity index (χ0v) is 18.9. The van der Waals surface area contributed by atoms with E-state index in [1.807, 2.05) is 25.1 Å². The number of fused-ring (bicyclic) bond motifs is 4. The van der Waals surface area contributed by atoms with Crippen molar-refractivity contribution in [1.82, 2.24) is 10.1 Å². The molecule has 3 heterocycles. The number of halogens is 1. The summed E-state index contributed by atoms with van der Waals surface area (Å²) in [7, 11) is 0. The topological polar surface area (TPSA) is 91.5 Å². The minimum Gasteiger partial charge on any atom is -0.854 e. The Labute approximate surface area is 193 Å². The molecule has 5 rings (SSSR count). The Morgan fingerprint density at radius 1 is 1.31 bits per heavy atom. The number of ether oxygens (including phenoxy) is 2. The van der Waals surface area contributed by atoms with Crippen LogP contribution in [0.25, 0.3) is 11.3 Å². The van der Waals surface area contributed by atoms with E-state index in [0.717, 1.165) is 0 Å². The van der Waals surface area contributed by atoms with E-state index in [2.05, 4.69) is 10.1 Å². The Morgan fingerprint density at radius 2 is 2.06 bits per heavy atom. The van der Waals surface area contributed by atoms with E-state index in [1.165, 1.54) is 11.8 Å². The molecular weight excluding hydrogens is 452 g/mol. The number of carbonyl (C=O) groups excluding carboxylic acids is 1. The molecule has 0 bridgehead atoms. The van der Waals surface area contributed by atoms with Gasteiger partial charge in [0, 0.05) is 17.6 Å². The monoisotopic (exact) mass is 470 g/mol. The number of rotatable bonds is 4. The predicted molar refractivity (Wildman–Crippen MR) is 117 cm³/mol. The summed E-state index contributed by atoms with van der Waals surface area (Å²) >= 11 is 7.94. The number of para-hydroxylation sites is 1. The van der Waals surface area contributed by atoms with Gasteiger partial charge in [0.15, 0.2) is 11.5 Å². The molecule has 8 nitrogen and oxygen atoms in total. The second-order valence-corrected chi connectivity index (χ2v) is 8.51. The van der Waals surface area contributed by atoms with E-state index in [1.54, 1.807) is 34.0 Å². The van der Waals surface area contributed by atoms with Crippen LogP contribution in [0.3, 0.4) is 0 Å². The van der Waals surface area contributed by atoms with Crippen LogP contribution in [-0.4, -0.2) is 29.0 Å². The Balaban J connectivity index is 1.83. The molecule has 0 saturated heterocycles. The number of anilines is 1. The molecule has 32 heavy (non-hydrogen) atoms. The quantitative estimate of drug-likeness (QED) is 0.426. The molecule has 1 unspecified atom stereocenters. The van der Waals surface area contributed by atoms with E-state index < -0.39 is 12.0 Å². The Kier molecular flexibility index (Phi) is 5.30. The van der Waals surface area contributed by atoms with Gasteiger partial charge in [-0.3, -0.25) is 4.79 Å². The lowest BCUT2D eigenvalue weighted by molar-refractivity contribution is -0.764. The zero-order chi connectivity index (χ0) is 22.4. The van der Waals surface area contributed by atoms with Crippen LogP contribution in [0.4, 0.5) is 5.69 Å². The summed E-state index contributed by atoms with van der Waals surface area (Å²) in [4.78, 5) is 19.2. The van der Waals surface area contributed by atoms with Gasteiger partial charge in [0.25, 0.3) is 17.0 Å². The van der Waals surface area contributed by atoms with Crippen molar-refractivity contribution < 1.29 is 24.1 Å². The smallest absolute Gasteiger partial charge is 0.294 e. The summed E-state index contributed by atoms with van der Waals surface area (Å²) in [6.07, 6.45) is 2.00. The molecule has 0 fully saturated rings. The summed E-state index contributed by atoms with van der Waals surface area (Å²) in [6, 6.07) is 10.7. The maximum atomic E-state index is 13.4. The number of thioether (sulfide) groups is 1. The number of amides is 1. The Hall–Kier alpha value is -3.04. The summed E-state index contributed by atoms with van der Waals surface area (Å²) in [5.41, 5.74) is 2.09. The van der Waals surface area contributed by atoms with Crippen molar-refractivity contribution in [3.05, 3.63) is 47.0 Å². The second kappa shape index (κ2) is 8.14. The normalized spacial score (nSPS) is 16.0. The fourth-order valence-electron chi connectivity index (χ4n) is 4.04. The van der Waals surface area contributed by atoms with Crippen LogP contribution in [0.5, 0.6) is 17.4 Å². The first-order valence-electron chi connectivity index (χ1n) is 10.1. The molecule has 1 aromatic heterocycles. The van der Waals surface area contributed by atoms with Crippen LogP contribution < -0.4 is 24.2 Å². The third-order valence-electron chi connectivity index (χ3n) is 5.40. The number of nitrogens with zero attached hydrogens (tertiary/aromatic N) is 4. The molecule has 10 heteroatoms. The molecule has 2 aromatic carbocycles. The Bertz CT molecular complexity index is 1240. The first kappa shape index (κ1) is 20.8. The molecule has 1 amide bonds. The summed E-state index contributed by atoms with van der Waals surface area (Å²) in [6.45, 7) is 2.04. The van der Waals surface area contributed by atoms with Crippen LogP contribution in [-0.2, 0) is 4.79 Å². The molecule has 0 radical (unpaired) electrons. The van der Waals surface area contributed by atoms with Crippen LogP contribution in [0.2, 0.25) is 5.02 Å². The number of benzene rings is 2. The van der Waals surface area contributed by atoms with Crippen molar-refractivity contribution in [2.75, 3.05) is 17.9 Å². The first-order chi connectivity index (χ1) is 15.5. The highest BCUT2D eigenvalue weighted by Crippen LogP contribution is 2.45. The molecule has 2 aliphatic heterocycles. The van der Waals surface area contributed by atoms with Gasteiger partial charge in [0.1, 0.15) is 0 Å². The molecule has 0 aliphatic carbocycles. The van der Waals surface area contributed by atoms with Crippen molar-refractivity contribution >= 4 is 35.0 Å². The lowest BCUT2D eigenvalue weighted by Crippen LogP contribution is -2.59. The average molecular weight is 471 g/mol.